The third-order valence-corrected chi connectivity index (χ3v) is 2.01. The van der Waals surface area contributed by atoms with Crippen molar-refractivity contribution in [2.24, 2.45) is 0 Å². The molecule has 0 saturated carbocycles. The molecule has 1 heterocycles. The first kappa shape index (κ1) is 7.84. The van der Waals surface area contributed by atoms with Crippen LogP contribution >= 0.6 is 22.6 Å². The van der Waals surface area contributed by atoms with Crippen LogP contribution in [0.1, 0.15) is 5.56 Å². The lowest BCUT2D eigenvalue weighted by Gasteiger charge is -1.97. The Morgan fingerprint density at radius 3 is 2.70 bits per heavy atom. The molecule has 54 valence electrons. The molecule has 0 saturated heterocycles. The van der Waals surface area contributed by atoms with Gasteiger partial charge in [0, 0.05) is 6.20 Å². The average Bonchev–Trinajstić information content (AvgIpc) is 1.88. The molecule has 0 aromatic carbocycles. The molecule has 1 nitrogen and oxygen atoms in total. The van der Waals surface area contributed by atoms with Crippen molar-refractivity contribution in [2.45, 2.75) is 6.67 Å². The van der Waals surface area contributed by atoms with Crippen LogP contribution < -0.4 is 0 Å². The number of hydrogen-bond acceptors (Lipinski definition) is 1. The van der Waals surface area contributed by atoms with Crippen LogP contribution in [0.2, 0.25) is 0 Å². The van der Waals surface area contributed by atoms with E-state index < -0.39 is 12.5 Å². The number of halogens is 3. The third kappa shape index (κ3) is 1.42. The Labute approximate surface area is 70.6 Å². The van der Waals surface area contributed by atoms with Gasteiger partial charge in [0.2, 0.25) is 0 Å². The highest BCUT2D eigenvalue weighted by molar-refractivity contribution is 14.1. The van der Waals surface area contributed by atoms with E-state index in [-0.39, 0.29) is 5.56 Å². The zero-order chi connectivity index (χ0) is 7.56. The molecule has 1 rings (SSSR count). The van der Waals surface area contributed by atoms with E-state index >= 15 is 0 Å². The van der Waals surface area contributed by atoms with E-state index in [0.29, 0.717) is 3.70 Å². The molecule has 4 heteroatoms. The Morgan fingerprint density at radius 2 is 2.30 bits per heavy atom. The number of aromatic nitrogens is 1. The largest absolute Gasteiger partial charge is 0.250 e. The minimum atomic E-state index is -0.794. The van der Waals surface area contributed by atoms with Gasteiger partial charge in [0.15, 0.2) is 0 Å². The molecule has 0 atom stereocenters. The fourth-order valence-corrected chi connectivity index (χ4v) is 1.13. The van der Waals surface area contributed by atoms with E-state index in [1.165, 1.54) is 6.20 Å². The summed E-state index contributed by atoms with van der Waals surface area (Å²) in [4.78, 5) is 3.72. The Kier molecular flexibility index (Phi) is 2.53. The molecule has 0 aliphatic heterocycles. The molecular weight excluding hydrogens is 251 g/mol. The lowest BCUT2D eigenvalue weighted by molar-refractivity contribution is 0.460. The van der Waals surface area contributed by atoms with Gasteiger partial charge in [0.05, 0.1) is 5.56 Å². The zero-order valence-electron chi connectivity index (χ0n) is 4.94. The summed E-state index contributed by atoms with van der Waals surface area (Å²) in [5.74, 6) is -0.526. The molecule has 10 heavy (non-hydrogen) atoms. The minimum absolute atomic E-state index is 0.0445. The zero-order valence-corrected chi connectivity index (χ0v) is 7.10. The van der Waals surface area contributed by atoms with Gasteiger partial charge in [-0.15, -0.1) is 0 Å². The van der Waals surface area contributed by atoms with Gasteiger partial charge in [0.1, 0.15) is 16.2 Å². The molecule has 0 unspecified atom stereocenters. The maximum Gasteiger partial charge on any atom is 0.133 e. The molecule has 0 N–H and O–H groups in total. The van der Waals surface area contributed by atoms with E-state index in [0.717, 1.165) is 6.07 Å². The molecule has 0 fully saturated rings. The Hall–Kier alpha value is -0.260. The first-order chi connectivity index (χ1) is 4.75. The van der Waals surface area contributed by atoms with Crippen molar-refractivity contribution in [3.05, 3.63) is 27.3 Å². The van der Waals surface area contributed by atoms with Crippen LogP contribution in [0.15, 0.2) is 12.3 Å². The lowest BCUT2D eigenvalue weighted by atomic mass is 10.3. The molecule has 0 radical (unpaired) electrons. The molecule has 0 bridgehead atoms. The molecule has 1 aromatic heterocycles. The van der Waals surface area contributed by atoms with E-state index in [9.17, 15) is 8.78 Å². The quantitative estimate of drug-likeness (QED) is 0.554. The third-order valence-electron chi connectivity index (χ3n) is 1.08. The second kappa shape index (κ2) is 3.23. The summed E-state index contributed by atoms with van der Waals surface area (Å²) in [6, 6.07) is 1.15. The summed E-state index contributed by atoms with van der Waals surface area (Å²) in [5, 5.41) is 0. The Bertz CT molecular complexity index is 219. The van der Waals surface area contributed by atoms with Crippen LogP contribution in [0.25, 0.3) is 0 Å². The van der Waals surface area contributed by atoms with Crippen LogP contribution in [0.4, 0.5) is 8.78 Å². The first-order valence-electron chi connectivity index (χ1n) is 2.60. The smallest absolute Gasteiger partial charge is 0.133 e. The standard InChI is InChI=1S/C6H4F2IN/c7-3-4-5(8)1-2-10-6(4)9/h1-2H,3H2. The van der Waals surface area contributed by atoms with Crippen molar-refractivity contribution in [3.8, 4) is 0 Å². The van der Waals surface area contributed by atoms with E-state index in [1.807, 2.05) is 0 Å². The van der Waals surface area contributed by atoms with Gasteiger partial charge in [-0.1, -0.05) is 0 Å². The maximum absolute atomic E-state index is 12.6. The molecule has 0 spiro atoms. The molecular formula is C6H4F2IN. The molecule has 0 aliphatic rings. The topological polar surface area (TPSA) is 12.9 Å². The monoisotopic (exact) mass is 255 g/mol. The van der Waals surface area contributed by atoms with Crippen molar-refractivity contribution in [1.82, 2.24) is 4.98 Å². The summed E-state index contributed by atoms with van der Waals surface area (Å²) >= 11 is 1.79. The van der Waals surface area contributed by atoms with Crippen LogP contribution in [0.3, 0.4) is 0 Å². The SMILES string of the molecule is FCc1c(F)ccnc1I. The minimum Gasteiger partial charge on any atom is -0.250 e. The van der Waals surface area contributed by atoms with Gasteiger partial charge in [-0.3, -0.25) is 0 Å². The maximum atomic E-state index is 12.6. The molecule has 0 amide bonds. The summed E-state index contributed by atoms with van der Waals surface area (Å²) in [6.45, 7) is -0.794. The van der Waals surface area contributed by atoms with Crippen molar-refractivity contribution in [2.75, 3.05) is 0 Å². The van der Waals surface area contributed by atoms with Gasteiger partial charge in [-0.25, -0.2) is 13.8 Å². The fraction of sp³-hybridized carbons (Fsp3) is 0.167. The van der Waals surface area contributed by atoms with E-state index in [1.54, 1.807) is 22.6 Å². The highest BCUT2D eigenvalue weighted by Crippen LogP contribution is 2.13. The van der Waals surface area contributed by atoms with Crippen LogP contribution in [0.5, 0.6) is 0 Å². The average molecular weight is 255 g/mol. The Morgan fingerprint density at radius 1 is 1.60 bits per heavy atom. The predicted molar refractivity (Wildman–Crippen MR) is 41.7 cm³/mol. The highest BCUT2D eigenvalue weighted by Gasteiger charge is 2.05. The van der Waals surface area contributed by atoms with Gasteiger partial charge in [0.25, 0.3) is 0 Å². The number of rotatable bonds is 1. The summed E-state index contributed by atoms with van der Waals surface area (Å²) in [5.41, 5.74) is 0.0445. The van der Waals surface area contributed by atoms with Gasteiger partial charge in [-0.2, -0.15) is 0 Å². The summed E-state index contributed by atoms with van der Waals surface area (Å²) in [7, 11) is 0. The number of pyridine rings is 1. The Balaban J connectivity index is 3.17. The highest BCUT2D eigenvalue weighted by atomic mass is 127. The van der Waals surface area contributed by atoms with E-state index in [2.05, 4.69) is 4.98 Å². The molecule has 0 aliphatic carbocycles. The fourth-order valence-electron chi connectivity index (χ4n) is 0.564. The first-order valence-corrected chi connectivity index (χ1v) is 3.68. The predicted octanol–water partition coefficient (Wildman–Crippen LogP) is 2.29. The lowest BCUT2D eigenvalue weighted by Crippen LogP contribution is -1.93. The number of nitrogens with zero attached hydrogens (tertiary/aromatic N) is 1. The van der Waals surface area contributed by atoms with Gasteiger partial charge >= 0.3 is 0 Å². The number of alkyl halides is 1. The van der Waals surface area contributed by atoms with E-state index in [4.69, 9.17) is 0 Å². The van der Waals surface area contributed by atoms with Crippen molar-refractivity contribution in [3.63, 3.8) is 0 Å². The van der Waals surface area contributed by atoms with Crippen LogP contribution in [-0.4, -0.2) is 4.98 Å². The second-order valence-electron chi connectivity index (χ2n) is 1.70. The van der Waals surface area contributed by atoms with Gasteiger partial charge < -0.3 is 0 Å². The molecule has 1 aromatic rings. The summed E-state index contributed by atoms with van der Waals surface area (Å²) in [6.07, 6.45) is 1.32. The normalized spacial score (nSPS) is 9.90. The van der Waals surface area contributed by atoms with Crippen LogP contribution in [-0.2, 0) is 6.67 Å². The second-order valence-corrected chi connectivity index (χ2v) is 2.72. The van der Waals surface area contributed by atoms with Crippen molar-refractivity contribution >= 4 is 22.6 Å². The van der Waals surface area contributed by atoms with Crippen molar-refractivity contribution in [1.29, 1.82) is 0 Å². The van der Waals surface area contributed by atoms with Crippen molar-refractivity contribution < 1.29 is 8.78 Å². The van der Waals surface area contributed by atoms with Crippen LogP contribution in [0, 0.1) is 9.52 Å². The number of hydrogen-bond donors (Lipinski definition) is 0. The van der Waals surface area contributed by atoms with Gasteiger partial charge in [-0.05, 0) is 28.7 Å². The summed E-state index contributed by atoms with van der Waals surface area (Å²) < 4.78 is 24.9.